The molecule has 12 nitrogen and oxygen atoms in total. The minimum Gasteiger partial charge on any atom is -0.488 e. The first kappa shape index (κ1) is 32.5. The molecule has 0 radical (unpaired) electrons. The van der Waals surface area contributed by atoms with Gasteiger partial charge in [0.05, 0.1) is 36.4 Å². The highest BCUT2D eigenvalue weighted by molar-refractivity contribution is 5.55. The SMILES string of the molecule is CCC(C)n1ncn(-c2ccc(N3CCN(c4ccc(OC[C@@H]5CO[C@@](Cn6nccn6)(c6ccccc6)O5)c(F)c4F)CC3)cc2)c1=O. The van der Waals surface area contributed by atoms with E-state index >= 15 is 8.78 Å². The maximum Gasteiger partial charge on any atom is 0.350 e. The zero-order chi connectivity index (χ0) is 34.0. The molecular formula is C35H38F2N8O4. The Kier molecular flexibility index (Phi) is 9.15. The second kappa shape index (κ2) is 13.8. The van der Waals surface area contributed by atoms with Gasteiger partial charge in [0.15, 0.2) is 11.6 Å². The molecule has 7 rings (SSSR count). The van der Waals surface area contributed by atoms with Gasteiger partial charge in [0.1, 0.15) is 25.6 Å². The van der Waals surface area contributed by atoms with Crippen LogP contribution in [0.15, 0.2) is 90.2 Å². The molecule has 2 saturated heterocycles. The lowest BCUT2D eigenvalue weighted by molar-refractivity contribution is -0.192. The number of aromatic nitrogens is 6. The second-order valence-electron chi connectivity index (χ2n) is 12.2. The van der Waals surface area contributed by atoms with Gasteiger partial charge in [-0.25, -0.2) is 18.4 Å². The molecule has 14 heteroatoms. The average molecular weight is 673 g/mol. The molecule has 2 aromatic heterocycles. The van der Waals surface area contributed by atoms with E-state index in [2.05, 4.69) is 20.2 Å². The summed E-state index contributed by atoms with van der Waals surface area (Å²) in [5.74, 6) is -3.34. The van der Waals surface area contributed by atoms with Crippen molar-refractivity contribution in [3.8, 4) is 11.4 Å². The Morgan fingerprint density at radius 2 is 1.59 bits per heavy atom. The molecule has 4 heterocycles. The van der Waals surface area contributed by atoms with Crippen molar-refractivity contribution < 1.29 is 23.0 Å². The lowest BCUT2D eigenvalue weighted by Crippen LogP contribution is -2.46. The third kappa shape index (κ3) is 6.53. The summed E-state index contributed by atoms with van der Waals surface area (Å²) in [6, 6.07) is 20.2. The van der Waals surface area contributed by atoms with Crippen LogP contribution in [0.1, 0.15) is 31.9 Å². The van der Waals surface area contributed by atoms with Gasteiger partial charge >= 0.3 is 5.69 Å². The van der Waals surface area contributed by atoms with Gasteiger partial charge in [0.2, 0.25) is 11.6 Å². The summed E-state index contributed by atoms with van der Waals surface area (Å²) in [6.07, 6.45) is 4.96. The summed E-state index contributed by atoms with van der Waals surface area (Å²) >= 11 is 0. The van der Waals surface area contributed by atoms with Gasteiger partial charge in [0.25, 0.3) is 0 Å². The smallest absolute Gasteiger partial charge is 0.350 e. The molecule has 256 valence electrons. The Balaban J connectivity index is 0.958. The van der Waals surface area contributed by atoms with Gasteiger partial charge < -0.3 is 24.0 Å². The van der Waals surface area contributed by atoms with E-state index in [-0.39, 0.29) is 42.9 Å². The molecule has 2 aliphatic heterocycles. The Morgan fingerprint density at radius 1 is 0.898 bits per heavy atom. The first-order chi connectivity index (χ1) is 23.8. The fraction of sp³-hybridized carbons (Fsp3) is 0.371. The van der Waals surface area contributed by atoms with Crippen LogP contribution in [-0.2, 0) is 21.8 Å². The van der Waals surface area contributed by atoms with Crippen LogP contribution in [-0.4, -0.2) is 74.8 Å². The molecule has 0 saturated carbocycles. The van der Waals surface area contributed by atoms with Crippen LogP contribution >= 0.6 is 0 Å². The number of nitrogens with zero attached hydrogens (tertiary/aromatic N) is 8. The third-order valence-electron chi connectivity index (χ3n) is 9.16. The molecule has 3 aromatic carbocycles. The Bertz CT molecular complexity index is 1910. The van der Waals surface area contributed by atoms with E-state index in [4.69, 9.17) is 14.2 Å². The zero-order valence-corrected chi connectivity index (χ0v) is 27.4. The van der Waals surface area contributed by atoms with Crippen LogP contribution in [0, 0.1) is 11.6 Å². The fourth-order valence-electron chi connectivity index (χ4n) is 6.23. The van der Waals surface area contributed by atoms with Crippen molar-refractivity contribution in [1.82, 2.24) is 29.3 Å². The maximum absolute atomic E-state index is 15.4. The van der Waals surface area contributed by atoms with Gasteiger partial charge in [-0.1, -0.05) is 37.3 Å². The van der Waals surface area contributed by atoms with Crippen LogP contribution in [0.25, 0.3) is 5.69 Å². The summed E-state index contributed by atoms with van der Waals surface area (Å²) in [7, 11) is 0. The minimum absolute atomic E-state index is 0.0196. The Labute approximate surface area is 282 Å². The zero-order valence-electron chi connectivity index (χ0n) is 27.4. The van der Waals surface area contributed by atoms with E-state index in [1.165, 1.54) is 20.1 Å². The summed E-state index contributed by atoms with van der Waals surface area (Å²) in [4.78, 5) is 18.3. The van der Waals surface area contributed by atoms with Crippen LogP contribution < -0.4 is 20.2 Å². The number of halogens is 2. The summed E-state index contributed by atoms with van der Waals surface area (Å²) in [5, 5.41) is 12.6. The van der Waals surface area contributed by atoms with Gasteiger partial charge in [-0.3, -0.25) is 0 Å². The van der Waals surface area contributed by atoms with Gasteiger partial charge in [-0.05, 0) is 49.7 Å². The number of ether oxygens (including phenoxy) is 3. The highest BCUT2D eigenvalue weighted by Gasteiger charge is 2.44. The van der Waals surface area contributed by atoms with Crippen molar-refractivity contribution in [2.45, 2.75) is 44.7 Å². The molecule has 2 aliphatic rings. The van der Waals surface area contributed by atoms with E-state index in [0.717, 1.165) is 23.4 Å². The first-order valence-corrected chi connectivity index (χ1v) is 16.4. The highest BCUT2D eigenvalue weighted by Crippen LogP contribution is 2.37. The molecule has 0 N–H and O–H groups in total. The number of hydrogen-bond donors (Lipinski definition) is 0. The van der Waals surface area contributed by atoms with E-state index in [1.807, 2.05) is 73.3 Å². The first-order valence-electron chi connectivity index (χ1n) is 16.4. The summed E-state index contributed by atoms with van der Waals surface area (Å²) in [5.41, 5.74) is 2.52. The monoisotopic (exact) mass is 672 g/mol. The largest absolute Gasteiger partial charge is 0.488 e. The van der Waals surface area contributed by atoms with Crippen LogP contribution in [0.4, 0.5) is 20.2 Å². The van der Waals surface area contributed by atoms with Crippen LogP contribution in [0.5, 0.6) is 5.75 Å². The van der Waals surface area contributed by atoms with Gasteiger partial charge in [-0.15, -0.1) is 0 Å². The van der Waals surface area contributed by atoms with Crippen LogP contribution in [0.2, 0.25) is 0 Å². The van der Waals surface area contributed by atoms with Crippen molar-refractivity contribution in [3.63, 3.8) is 0 Å². The van der Waals surface area contributed by atoms with Crippen molar-refractivity contribution >= 4 is 11.4 Å². The Morgan fingerprint density at radius 3 is 2.31 bits per heavy atom. The maximum atomic E-state index is 15.4. The van der Waals surface area contributed by atoms with E-state index in [9.17, 15) is 4.79 Å². The van der Waals surface area contributed by atoms with Crippen molar-refractivity contribution in [1.29, 1.82) is 0 Å². The molecule has 1 unspecified atom stereocenters. The van der Waals surface area contributed by atoms with Gasteiger partial charge in [-0.2, -0.15) is 24.5 Å². The third-order valence-corrected chi connectivity index (χ3v) is 9.16. The minimum atomic E-state index is -1.15. The quantitative estimate of drug-likeness (QED) is 0.200. The number of benzene rings is 3. The van der Waals surface area contributed by atoms with E-state index < -0.39 is 23.5 Å². The second-order valence-corrected chi connectivity index (χ2v) is 12.2. The van der Waals surface area contributed by atoms with Crippen molar-refractivity contribution in [2.75, 3.05) is 49.2 Å². The Hall–Kier alpha value is -5.08. The lowest BCUT2D eigenvalue weighted by Gasteiger charge is -2.37. The average Bonchev–Trinajstić information content (AvgIpc) is 3.90. The summed E-state index contributed by atoms with van der Waals surface area (Å²) < 4.78 is 52.0. The fourth-order valence-corrected chi connectivity index (χ4v) is 6.23. The molecule has 0 amide bonds. The number of piperazine rings is 1. The van der Waals surface area contributed by atoms with Gasteiger partial charge in [0, 0.05) is 37.4 Å². The van der Waals surface area contributed by atoms with Crippen molar-refractivity contribution in [3.05, 3.63) is 113 Å². The highest BCUT2D eigenvalue weighted by atomic mass is 19.2. The summed E-state index contributed by atoms with van der Waals surface area (Å²) in [6.45, 7) is 6.56. The molecule has 3 atom stereocenters. The number of anilines is 2. The standard InChI is InChI=1S/C35H38F2N8O4/c1-3-25(2)45-34(46)43(24-40-45)28-11-9-27(10-12-28)41-17-19-42(20-18-41)30-13-14-31(33(37)32(30)36)47-21-29-22-48-35(49-29,23-44-38-15-16-39-44)26-7-5-4-6-8-26/h4-16,24-25,29H,3,17-23H2,1-2H3/t25?,29-,35-/m1/s1. The predicted octanol–water partition coefficient (Wildman–Crippen LogP) is 4.55. The van der Waals surface area contributed by atoms with Crippen LogP contribution in [0.3, 0.4) is 0 Å². The normalized spacial score (nSPS) is 20.1. The van der Waals surface area contributed by atoms with Crippen molar-refractivity contribution in [2.24, 2.45) is 0 Å². The molecular weight excluding hydrogens is 634 g/mol. The molecule has 0 spiro atoms. The molecule has 0 bridgehead atoms. The van der Waals surface area contributed by atoms with E-state index in [0.29, 0.717) is 26.2 Å². The number of hydrogen-bond acceptors (Lipinski definition) is 9. The topological polar surface area (TPSA) is 105 Å². The molecule has 49 heavy (non-hydrogen) atoms. The lowest BCUT2D eigenvalue weighted by atomic mass is 10.1. The predicted molar refractivity (Wildman–Crippen MR) is 178 cm³/mol. The molecule has 5 aromatic rings. The number of rotatable bonds is 11. The molecule has 0 aliphatic carbocycles. The molecule has 2 fully saturated rings. The van der Waals surface area contributed by atoms with E-state index in [1.54, 1.807) is 24.8 Å².